The van der Waals surface area contributed by atoms with Crippen LogP contribution >= 0.6 is 0 Å². The summed E-state index contributed by atoms with van der Waals surface area (Å²) in [5.41, 5.74) is 0. The summed E-state index contributed by atoms with van der Waals surface area (Å²) < 4.78 is 0. The van der Waals surface area contributed by atoms with Crippen LogP contribution in [0, 0.1) is 76.9 Å². The third-order valence-corrected chi connectivity index (χ3v) is 9.61. The molecule has 2 heteroatoms. The maximum absolute atomic E-state index is 11.9. The number of hydrogen-bond acceptors (Lipinski definition) is 1. The highest BCUT2D eigenvalue weighted by Gasteiger charge is 2.65. The average Bonchev–Trinajstić information content (AvgIpc) is 3.50. The van der Waals surface area contributed by atoms with Crippen molar-refractivity contribution < 1.29 is 4.79 Å². The van der Waals surface area contributed by atoms with Gasteiger partial charge in [-0.1, -0.05) is 39.0 Å². The van der Waals surface area contributed by atoms with Crippen LogP contribution in [0.5, 0.6) is 0 Å². The molecule has 0 spiro atoms. The second-order valence-electron chi connectivity index (χ2n) is 12.6. The third kappa shape index (κ3) is 4.17. The third-order valence-electron chi connectivity index (χ3n) is 9.61. The Hall–Kier alpha value is -1.05. The maximum Gasteiger partial charge on any atom is 0.243 e. The van der Waals surface area contributed by atoms with E-state index in [1.165, 1.54) is 25.7 Å². The maximum atomic E-state index is 11.9. The van der Waals surface area contributed by atoms with Gasteiger partial charge >= 0.3 is 0 Å². The van der Waals surface area contributed by atoms with E-state index in [1.54, 1.807) is 12.8 Å². The summed E-state index contributed by atoms with van der Waals surface area (Å²) in [6.07, 6.45) is 18.1. The van der Waals surface area contributed by atoms with E-state index in [2.05, 4.69) is 44.3 Å². The van der Waals surface area contributed by atoms with Gasteiger partial charge in [-0.25, -0.2) is 0 Å². The monoisotopic (exact) mass is 407 g/mol. The fourth-order valence-corrected chi connectivity index (χ4v) is 7.04. The molecule has 30 heavy (non-hydrogen) atoms. The van der Waals surface area contributed by atoms with Gasteiger partial charge in [0, 0.05) is 6.54 Å². The Morgan fingerprint density at radius 3 is 1.70 bits per heavy atom. The molecule has 1 amide bonds. The van der Waals surface area contributed by atoms with Gasteiger partial charge in [-0.3, -0.25) is 4.79 Å². The van der Waals surface area contributed by atoms with E-state index in [4.69, 9.17) is 0 Å². The van der Waals surface area contributed by atoms with Gasteiger partial charge in [0.1, 0.15) is 0 Å². The van der Waals surface area contributed by atoms with Crippen LogP contribution in [0.15, 0.2) is 24.3 Å². The summed E-state index contributed by atoms with van der Waals surface area (Å²) in [6, 6.07) is 0. The van der Waals surface area contributed by atoms with Crippen molar-refractivity contribution in [3.05, 3.63) is 24.3 Å². The zero-order chi connectivity index (χ0) is 20.6. The van der Waals surface area contributed by atoms with Gasteiger partial charge in [-0.15, -0.1) is 0 Å². The molecule has 0 aromatic carbocycles. The molecule has 0 heterocycles. The molecule has 6 aliphatic rings. The number of allylic oxidation sites excluding steroid dienone is 3. The fourth-order valence-electron chi connectivity index (χ4n) is 7.04. The quantitative estimate of drug-likeness (QED) is 0.365. The van der Waals surface area contributed by atoms with E-state index in [9.17, 15) is 4.79 Å². The molecule has 6 rings (SSSR count). The van der Waals surface area contributed by atoms with Crippen LogP contribution in [-0.4, -0.2) is 12.5 Å². The molecule has 0 saturated heterocycles. The van der Waals surface area contributed by atoms with Crippen LogP contribution in [0.25, 0.3) is 0 Å². The highest BCUT2D eigenvalue weighted by molar-refractivity contribution is 5.87. The minimum absolute atomic E-state index is 0.101. The first-order chi connectivity index (χ1) is 14.5. The number of amides is 1. The van der Waals surface area contributed by atoms with Gasteiger partial charge in [-0.2, -0.15) is 0 Å². The molecule has 0 aliphatic heterocycles. The lowest BCUT2D eigenvalue weighted by molar-refractivity contribution is -0.116. The minimum Gasteiger partial charge on any atom is -0.352 e. The molecular weight excluding hydrogens is 366 g/mol. The van der Waals surface area contributed by atoms with Crippen LogP contribution < -0.4 is 5.32 Å². The van der Waals surface area contributed by atoms with Crippen molar-refractivity contribution in [1.29, 1.82) is 0 Å². The molecule has 6 fully saturated rings. The normalized spacial score (nSPS) is 52.7. The Morgan fingerprint density at radius 2 is 1.20 bits per heavy atom. The van der Waals surface area contributed by atoms with E-state index in [-0.39, 0.29) is 5.91 Å². The highest BCUT2D eigenvalue weighted by atomic mass is 16.1. The van der Waals surface area contributed by atoms with E-state index < -0.39 is 0 Å². The number of rotatable bonds is 10. The second kappa shape index (κ2) is 7.24. The zero-order valence-electron chi connectivity index (χ0n) is 19.2. The van der Waals surface area contributed by atoms with Gasteiger partial charge < -0.3 is 5.32 Å². The van der Waals surface area contributed by atoms with Crippen molar-refractivity contribution in [1.82, 2.24) is 5.32 Å². The zero-order valence-corrected chi connectivity index (χ0v) is 19.2. The number of nitrogens with one attached hydrogen (secondary N) is 1. The molecule has 6 aliphatic carbocycles. The van der Waals surface area contributed by atoms with Gasteiger partial charge in [0.05, 0.1) is 0 Å². The van der Waals surface area contributed by atoms with Crippen molar-refractivity contribution in [2.75, 3.05) is 6.54 Å². The molecule has 0 aromatic rings. The first-order valence-electron chi connectivity index (χ1n) is 13.1. The molecule has 12 atom stereocenters. The number of hydrogen-bond donors (Lipinski definition) is 1. The van der Waals surface area contributed by atoms with Crippen LogP contribution in [0.3, 0.4) is 0 Å². The van der Waals surface area contributed by atoms with Crippen LogP contribution in [0.2, 0.25) is 0 Å². The molecule has 2 nitrogen and oxygen atoms in total. The molecule has 164 valence electrons. The Bertz CT molecular complexity index is 752. The number of carbonyl (C=O) groups is 1. The van der Waals surface area contributed by atoms with E-state index in [0.717, 1.165) is 71.6 Å². The molecule has 0 aromatic heterocycles. The SMILES string of the molecule is CC(C)CNC(=O)/C=C/[C@@H]1C[C@@H]1[C@H]1C[C@@H]1[C@H]1C[C@@H]1[C@H]1C[C@@H]1[C@H]1C[C@H]1/C=C/[C@@H]1C[C@H]1C. The predicted octanol–water partition coefficient (Wildman–Crippen LogP) is 5.71. The summed E-state index contributed by atoms with van der Waals surface area (Å²) in [4.78, 5) is 11.9. The Balaban J connectivity index is 0.891. The van der Waals surface area contributed by atoms with Crippen molar-refractivity contribution in [2.45, 2.75) is 59.3 Å². The van der Waals surface area contributed by atoms with Crippen LogP contribution in [0.1, 0.15) is 59.3 Å². The molecular formula is C28H41NO. The van der Waals surface area contributed by atoms with Gasteiger partial charge in [0.15, 0.2) is 0 Å². The van der Waals surface area contributed by atoms with Crippen molar-refractivity contribution in [2.24, 2.45) is 76.9 Å². The topological polar surface area (TPSA) is 29.1 Å². The summed E-state index contributed by atoms with van der Waals surface area (Å²) in [6.45, 7) is 7.45. The first kappa shape index (κ1) is 19.6. The standard InChI is InChI=1S/C28H41NO/c1-15(2)14-29-28(30)7-6-19-10-21(19)23-12-25(23)27-13-26(27)24-11-22(24)20-9-18(20)5-4-17-8-16(17)3/h4-7,15-27H,8-14H2,1-3H3,(H,29,30)/b5-4+,7-6+/t16-,17-,18-,19-,20+,21+,22-,23-,24+,25+,26-,27-/m1/s1. The van der Waals surface area contributed by atoms with Gasteiger partial charge in [0.25, 0.3) is 0 Å². The molecule has 0 bridgehead atoms. The first-order valence-corrected chi connectivity index (χ1v) is 13.1. The lowest BCUT2D eigenvalue weighted by atomic mass is 10.1. The minimum atomic E-state index is 0.101. The molecule has 0 unspecified atom stereocenters. The summed E-state index contributed by atoms with van der Waals surface area (Å²) in [5, 5.41) is 3.00. The molecule has 0 radical (unpaired) electrons. The molecule has 1 N–H and O–H groups in total. The van der Waals surface area contributed by atoms with Crippen LogP contribution in [-0.2, 0) is 4.79 Å². The van der Waals surface area contributed by atoms with Crippen LogP contribution in [0.4, 0.5) is 0 Å². The Labute approximate surface area is 183 Å². The lowest BCUT2D eigenvalue weighted by Gasteiger charge is -2.04. The van der Waals surface area contributed by atoms with Crippen molar-refractivity contribution in [3.8, 4) is 0 Å². The van der Waals surface area contributed by atoms with Crippen molar-refractivity contribution in [3.63, 3.8) is 0 Å². The largest absolute Gasteiger partial charge is 0.352 e. The summed E-state index contributed by atoms with van der Waals surface area (Å²) in [5.74, 6) is 12.6. The van der Waals surface area contributed by atoms with Crippen molar-refractivity contribution >= 4 is 5.91 Å². The highest BCUT2D eigenvalue weighted by Crippen LogP contribution is 2.72. The van der Waals surface area contributed by atoms with E-state index in [0.29, 0.717) is 11.8 Å². The Morgan fingerprint density at radius 1 is 0.733 bits per heavy atom. The smallest absolute Gasteiger partial charge is 0.243 e. The lowest BCUT2D eigenvalue weighted by Crippen LogP contribution is -2.25. The predicted molar refractivity (Wildman–Crippen MR) is 121 cm³/mol. The fraction of sp³-hybridized carbons (Fsp3) is 0.821. The van der Waals surface area contributed by atoms with Gasteiger partial charge in [0.2, 0.25) is 5.91 Å². The van der Waals surface area contributed by atoms with Gasteiger partial charge in [-0.05, 0) is 122 Å². The number of carbonyl (C=O) groups excluding carboxylic acids is 1. The Kier molecular flexibility index (Phi) is 4.74. The average molecular weight is 408 g/mol. The molecule has 6 saturated carbocycles. The van der Waals surface area contributed by atoms with E-state index in [1.807, 2.05) is 6.08 Å². The second-order valence-corrected chi connectivity index (χ2v) is 12.6. The van der Waals surface area contributed by atoms with E-state index >= 15 is 0 Å². The summed E-state index contributed by atoms with van der Waals surface area (Å²) >= 11 is 0. The summed E-state index contributed by atoms with van der Waals surface area (Å²) in [7, 11) is 0.